The van der Waals surface area contributed by atoms with Gasteiger partial charge >= 0.3 is 5.97 Å². The summed E-state index contributed by atoms with van der Waals surface area (Å²) in [5.41, 5.74) is 12.4. The van der Waals surface area contributed by atoms with Crippen LogP contribution in [0.15, 0.2) is 24.3 Å². The zero-order valence-electron chi connectivity index (χ0n) is 10.1. The van der Waals surface area contributed by atoms with Crippen molar-refractivity contribution >= 4 is 17.6 Å². The Bertz CT molecular complexity index is 434. The van der Waals surface area contributed by atoms with Crippen molar-refractivity contribution < 1.29 is 14.7 Å². The maximum atomic E-state index is 11.4. The van der Waals surface area contributed by atoms with Gasteiger partial charge in [0.05, 0.1) is 5.69 Å². The maximum Gasteiger partial charge on any atom is 0.320 e. The molecule has 18 heavy (non-hydrogen) atoms. The monoisotopic (exact) mass is 251 g/mol. The minimum atomic E-state index is -1.10. The number of carboxylic acid groups (broad SMARTS) is 1. The third kappa shape index (κ3) is 4.84. The standard InChI is InChI=1S/C12H17N3O3/c1-8-3-2-4-9(7-8)14-15-11(16)6-5-10(13)12(17)18/h2-4,7,10,14H,5-6,13H2,1H3,(H,15,16)(H,17,18)/t10-/m0/s1. The summed E-state index contributed by atoms with van der Waals surface area (Å²) >= 11 is 0. The molecule has 0 heterocycles. The molecule has 0 radical (unpaired) electrons. The summed E-state index contributed by atoms with van der Waals surface area (Å²) in [6.45, 7) is 1.94. The fraction of sp³-hybridized carbons (Fsp3) is 0.333. The van der Waals surface area contributed by atoms with Gasteiger partial charge in [-0.05, 0) is 31.0 Å². The van der Waals surface area contributed by atoms with Crippen LogP contribution in [-0.4, -0.2) is 23.0 Å². The number of hydrazine groups is 1. The number of nitrogens with one attached hydrogen (secondary N) is 2. The van der Waals surface area contributed by atoms with Crippen molar-refractivity contribution in [3.05, 3.63) is 29.8 Å². The van der Waals surface area contributed by atoms with Gasteiger partial charge < -0.3 is 10.8 Å². The number of aryl methyl sites for hydroxylation is 1. The van der Waals surface area contributed by atoms with Crippen LogP contribution in [0.25, 0.3) is 0 Å². The number of hydrogen-bond acceptors (Lipinski definition) is 4. The zero-order chi connectivity index (χ0) is 13.5. The minimum Gasteiger partial charge on any atom is -0.480 e. The minimum absolute atomic E-state index is 0.0618. The van der Waals surface area contributed by atoms with Crippen LogP contribution in [0.3, 0.4) is 0 Å². The first-order valence-electron chi connectivity index (χ1n) is 5.59. The van der Waals surface area contributed by atoms with Crippen molar-refractivity contribution in [1.29, 1.82) is 0 Å². The molecule has 0 aliphatic rings. The van der Waals surface area contributed by atoms with E-state index in [-0.39, 0.29) is 18.7 Å². The average molecular weight is 251 g/mol. The molecule has 6 heteroatoms. The van der Waals surface area contributed by atoms with E-state index in [2.05, 4.69) is 10.9 Å². The van der Waals surface area contributed by atoms with E-state index in [0.717, 1.165) is 11.3 Å². The lowest BCUT2D eigenvalue weighted by molar-refractivity contribution is -0.138. The van der Waals surface area contributed by atoms with E-state index in [1.54, 1.807) is 0 Å². The highest BCUT2D eigenvalue weighted by atomic mass is 16.4. The Morgan fingerprint density at radius 2 is 2.17 bits per heavy atom. The number of aliphatic carboxylic acids is 1. The van der Waals surface area contributed by atoms with Gasteiger partial charge in [-0.3, -0.25) is 20.4 Å². The molecule has 1 rings (SSSR count). The first kappa shape index (κ1) is 14.0. The predicted octanol–water partition coefficient (Wildman–Crippen LogP) is 0.630. The van der Waals surface area contributed by atoms with Crippen molar-refractivity contribution in [2.45, 2.75) is 25.8 Å². The molecule has 1 atom stereocenters. The lowest BCUT2D eigenvalue weighted by Gasteiger charge is -2.10. The van der Waals surface area contributed by atoms with Gasteiger partial charge in [0.15, 0.2) is 0 Å². The van der Waals surface area contributed by atoms with Crippen LogP contribution in [0, 0.1) is 6.92 Å². The molecule has 1 amide bonds. The lowest BCUT2D eigenvalue weighted by atomic mass is 10.1. The Morgan fingerprint density at radius 1 is 1.44 bits per heavy atom. The van der Waals surface area contributed by atoms with Gasteiger partial charge in [0.2, 0.25) is 5.91 Å². The Kier molecular flexibility index (Phi) is 5.13. The summed E-state index contributed by atoms with van der Waals surface area (Å²) in [7, 11) is 0. The Balaban J connectivity index is 2.31. The number of anilines is 1. The molecule has 0 bridgehead atoms. The fourth-order valence-corrected chi connectivity index (χ4v) is 1.34. The molecule has 5 N–H and O–H groups in total. The summed E-state index contributed by atoms with van der Waals surface area (Å²) in [5.74, 6) is -1.40. The van der Waals surface area contributed by atoms with Crippen molar-refractivity contribution in [2.24, 2.45) is 5.73 Å². The highest BCUT2D eigenvalue weighted by molar-refractivity contribution is 5.79. The van der Waals surface area contributed by atoms with E-state index >= 15 is 0 Å². The second-order valence-corrected chi connectivity index (χ2v) is 4.03. The van der Waals surface area contributed by atoms with Crippen LogP contribution in [0.1, 0.15) is 18.4 Å². The average Bonchev–Trinajstić information content (AvgIpc) is 2.33. The van der Waals surface area contributed by atoms with Crippen LogP contribution < -0.4 is 16.6 Å². The highest BCUT2D eigenvalue weighted by Crippen LogP contribution is 2.07. The van der Waals surface area contributed by atoms with Crippen molar-refractivity contribution in [2.75, 3.05) is 5.43 Å². The summed E-state index contributed by atoms with van der Waals surface area (Å²) in [4.78, 5) is 21.9. The molecule has 1 aromatic rings. The number of hydrogen-bond donors (Lipinski definition) is 4. The van der Waals surface area contributed by atoms with Crippen molar-refractivity contribution in [3.8, 4) is 0 Å². The summed E-state index contributed by atoms with van der Waals surface area (Å²) in [5, 5.41) is 8.56. The summed E-state index contributed by atoms with van der Waals surface area (Å²) < 4.78 is 0. The van der Waals surface area contributed by atoms with Gasteiger partial charge in [-0.15, -0.1) is 0 Å². The van der Waals surface area contributed by atoms with Crippen molar-refractivity contribution in [3.63, 3.8) is 0 Å². The normalized spacial score (nSPS) is 11.7. The number of carbonyl (C=O) groups is 2. The molecule has 98 valence electrons. The van der Waals surface area contributed by atoms with E-state index in [1.165, 1.54) is 0 Å². The van der Waals surface area contributed by atoms with Crippen molar-refractivity contribution in [1.82, 2.24) is 5.43 Å². The quantitative estimate of drug-likeness (QED) is 0.555. The van der Waals surface area contributed by atoms with E-state index in [1.807, 2.05) is 31.2 Å². The molecule has 0 aliphatic heterocycles. The molecule has 6 nitrogen and oxygen atoms in total. The van der Waals surface area contributed by atoms with E-state index in [9.17, 15) is 9.59 Å². The molecule has 0 unspecified atom stereocenters. The van der Waals surface area contributed by atoms with Crippen LogP contribution in [-0.2, 0) is 9.59 Å². The Labute approximate surface area is 105 Å². The van der Waals surface area contributed by atoms with Gasteiger partial charge in [-0.1, -0.05) is 12.1 Å². The topological polar surface area (TPSA) is 104 Å². The number of amides is 1. The lowest BCUT2D eigenvalue weighted by Crippen LogP contribution is -2.34. The van der Waals surface area contributed by atoms with Gasteiger partial charge in [0, 0.05) is 6.42 Å². The fourth-order valence-electron chi connectivity index (χ4n) is 1.34. The number of benzene rings is 1. The maximum absolute atomic E-state index is 11.4. The highest BCUT2D eigenvalue weighted by Gasteiger charge is 2.13. The van der Waals surface area contributed by atoms with E-state index in [4.69, 9.17) is 10.8 Å². The Hall–Kier alpha value is -2.08. The molecular weight excluding hydrogens is 234 g/mol. The number of nitrogens with two attached hydrogens (primary N) is 1. The molecule has 0 saturated heterocycles. The van der Waals surface area contributed by atoms with Crippen LogP contribution in [0.5, 0.6) is 0 Å². The van der Waals surface area contributed by atoms with Crippen LogP contribution in [0.4, 0.5) is 5.69 Å². The van der Waals surface area contributed by atoms with Gasteiger partial charge in [-0.2, -0.15) is 0 Å². The summed E-state index contributed by atoms with van der Waals surface area (Å²) in [6, 6.07) is 6.50. The van der Waals surface area contributed by atoms with Crippen LogP contribution in [0.2, 0.25) is 0 Å². The third-order valence-electron chi connectivity index (χ3n) is 2.36. The predicted molar refractivity (Wildman–Crippen MR) is 67.8 cm³/mol. The summed E-state index contributed by atoms with van der Waals surface area (Å²) in [6.07, 6.45) is 0.170. The Morgan fingerprint density at radius 3 is 2.78 bits per heavy atom. The number of rotatable bonds is 6. The molecule has 0 spiro atoms. The zero-order valence-corrected chi connectivity index (χ0v) is 10.1. The molecule has 0 aliphatic carbocycles. The first-order valence-corrected chi connectivity index (χ1v) is 5.59. The second-order valence-electron chi connectivity index (χ2n) is 4.03. The number of carboxylic acids is 1. The third-order valence-corrected chi connectivity index (χ3v) is 2.36. The molecule has 0 fully saturated rings. The molecule has 1 aromatic carbocycles. The SMILES string of the molecule is Cc1cccc(NNC(=O)CC[C@H](N)C(=O)O)c1. The molecule has 0 saturated carbocycles. The van der Waals surface area contributed by atoms with Gasteiger partial charge in [-0.25, -0.2) is 0 Å². The number of carbonyl (C=O) groups excluding carboxylic acids is 1. The van der Waals surface area contributed by atoms with E-state index < -0.39 is 12.0 Å². The second kappa shape index (κ2) is 6.61. The van der Waals surface area contributed by atoms with E-state index in [0.29, 0.717) is 0 Å². The van der Waals surface area contributed by atoms with Gasteiger partial charge in [0.25, 0.3) is 0 Å². The first-order chi connectivity index (χ1) is 8.49. The smallest absolute Gasteiger partial charge is 0.320 e. The molecule has 0 aromatic heterocycles. The van der Waals surface area contributed by atoms with Gasteiger partial charge in [0.1, 0.15) is 6.04 Å². The molecular formula is C12H17N3O3. The largest absolute Gasteiger partial charge is 0.480 e. The van der Waals surface area contributed by atoms with Crippen LogP contribution >= 0.6 is 0 Å².